The molecule has 7 nitrogen and oxygen atoms in total. The zero-order valence-corrected chi connectivity index (χ0v) is 18.2. The molecule has 1 saturated heterocycles. The van der Waals surface area contributed by atoms with E-state index in [0.29, 0.717) is 30.2 Å². The molecular formula is C26H25N3O4. The molecule has 0 bridgehead atoms. The van der Waals surface area contributed by atoms with E-state index >= 15 is 0 Å². The van der Waals surface area contributed by atoms with Crippen LogP contribution in [0.2, 0.25) is 0 Å². The summed E-state index contributed by atoms with van der Waals surface area (Å²) in [5.74, 6) is 0.771. The normalized spacial score (nSPS) is 14.8. The second-order valence-electron chi connectivity index (χ2n) is 8.00. The van der Waals surface area contributed by atoms with Crippen LogP contribution in [0.25, 0.3) is 11.1 Å². The maximum atomic E-state index is 12.7. The highest BCUT2D eigenvalue weighted by Crippen LogP contribution is 2.33. The van der Waals surface area contributed by atoms with Crippen LogP contribution >= 0.6 is 0 Å². The first-order valence-electron chi connectivity index (χ1n) is 11.0. The van der Waals surface area contributed by atoms with Crippen molar-refractivity contribution in [2.24, 2.45) is 0 Å². The second kappa shape index (κ2) is 9.24. The van der Waals surface area contributed by atoms with E-state index in [1.165, 1.54) is 16.8 Å². The zero-order chi connectivity index (χ0) is 22.6. The first-order valence-corrected chi connectivity index (χ1v) is 11.0. The van der Waals surface area contributed by atoms with Crippen molar-refractivity contribution in [2.75, 3.05) is 44.4 Å². The lowest BCUT2D eigenvalue weighted by atomic mass is 10.0. The SMILES string of the molecule is O=C(NCC(=O)N1CCN(c2ccccc2-c2ccccc2)CC1)c1ccc2c(c1)OCO2. The third-order valence-electron chi connectivity index (χ3n) is 6.00. The molecule has 2 heterocycles. The molecule has 0 unspecified atom stereocenters. The largest absolute Gasteiger partial charge is 0.454 e. The van der Waals surface area contributed by atoms with E-state index in [9.17, 15) is 9.59 Å². The predicted octanol–water partition coefficient (Wildman–Crippen LogP) is 3.16. The Balaban J connectivity index is 1.16. The summed E-state index contributed by atoms with van der Waals surface area (Å²) in [6.07, 6.45) is 0. The lowest BCUT2D eigenvalue weighted by Crippen LogP contribution is -2.51. The minimum Gasteiger partial charge on any atom is -0.454 e. The number of piperazine rings is 1. The number of carbonyl (C=O) groups is 2. The Morgan fingerprint density at radius 3 is 2.36 bits per heavy atom. The van der Waals surface area contributed by atoms with Crippen molar-refractivity contribution < 1.29 is 19.1 Å². The average Bonchev–Trinajstić information content (AvgIpc) is 3.36. The molecule has 33 heavy (non-hydrogen) atoms. The van der Waals surface area contributed by atoms with Crippen LogP contribution in [0.1, 0.15) is 10.4 Å². The molecule has 0 spiro atoms. The molecule has 2 aliphatic rings. The van der Waals surface area contributed by atoms with Crippen molar-refractivity contribution in [3.63, 3.8) is 0 Å². The van der Waals surface area contributed by atoms with Crippen molar-refractivity contribution in [1.29, 1.82) is 0 Å². The van der Waals surface area contributed by atoms with E-state index in [1.54, 1.807) is 18.2 Å². The van der Waals surface area contributed by atoms with E-state index in [4.69, 9.17) is 9.47 Å². The number of amides is 2. The van der Waals surface area contributed by atoms with Crippen LogP contribution in [0.4, 0.5) is 5.69 Å². The number of rotatable bonds is 5. The van der Waals surface area contributed by atoms with Crippen LogP contribution in [0.15, 0.2) is 72.8 Å². The van der Waals surface area contributed by atoms with E-state index < -0.39 is 0 Å². The number of nitrogens with zero attached hydrogens (tertiary/aromatic N) is 2. The number of anilines is 1. The van der Waals surface area contributed by atoms with Gasteiger partial charge in [0.2, 0.25) is 12.7 Å². The molecule has 2 amide bonds. The van der Waals surface area contributed by atoms with Crippen LogP contribution in [0, 0.1) is 0 Å². The lowest BCUT2D eigenvalue weighted by Gasteiger charge is -2.37. The van der Waals surface area contributed by atoms with E-state index in [2.05, 4.69) is 40.5 Å². The Bertz CT molecular complexity index is 1160. The van der Waals surface area contributed by atoms with Gasteiger partial charge < -0.3 is 24.6 Å². The van der Waals surface area contributed by atoms with Gasteiger partial charge in [-0.15, -0.1) is 0 Å². The minimum absolute atomic E-state index is 0.0339. The highest BCUT2D eigenvalue weighted by molar-refractivity contribution is 5.97. The Labute approximate surface area is 192 Å². The molecule has 0 radical (unpaired) electrons. The summed E-state index contributed by atoms with van der Waals surface area (Å²) < 4.78 is 10.6. The number of benzene rings is 3. The third kappa shape index (κ3) is 4.48. The van der Waals surface area contributed by atoms with E-state index in [0.717, 1.165) is 13.1 Å². The van der Waals surface area contributed by atoms with Gasteiger partial charge in [0.1, 0.15) is 0 Å². The summed E-state index contributed by atoms with van der Waals surface area (Å²) >= 11 is 0. The van der Waals surface area contributed by atoms with Gasteiger partial charge in [0.05, 0.1) is 6.54 Å². The third-order valence-corrected chi connectivity index (χ3v) is 6.00. The second-order valence-corrected chi connectivity index (χ2v) is 8.00. The van der Waals surface area contributed by atoms with Crippen molar-refractivity contribution in [3.8, 4) is 22.6 Å². The number of para-hydroxylation sites is 1. The number of carbonyl (C=O) groups excluding carboxylic acids is 2. The number of ether oxygens (including phenoxy) is 2. The Kier molecular flexibility index (Phi) is 5.85. The summed E-state index contributed by atoms with van der Waals surface area (Å²) in [5, 5.41) is 2.72. The Hall–Kier alpha value is -4.00. The fourth-order valence-electron chi connectivity index (χ4n) is 4.22. The molecule has 0 aromatic heterocycles. The van der Waals surface area contributed by atoms with Crippen LogP contribution in [-0.2, 0) is 4.79 Å². The number of nitrogens with one attached hydrogen (secondary N) is 1. The predicted molar refractivity (Wildman–Crippen MR) is 126 cm³/mol. The molecule has 3 aromatic rings. The molecule has 168 valence electrons. The molecule has 2 aliphatic heterocycles. The van der Waals surface area contributed by atoms with E-state index in [-0.39, 0.29) is 25.2 Å². The van der Waals surface area contributed by atoms with Gasteiger partial charge in [-0.3, -0.25) is 9.59 Å². The number of hydrogen-bond donors (Lipinski definition) is 1. The zero-order valence-electron chi connectivity index (χ0n) is 18.2. The van der Waals surface area contributed by atoms with Gasteiger partial charge in [-0.05, 0) is 29.8 Å². The highest BCUT2D eigenvalue weighted by Gasteiger charge is 2.23. The Morgan fingerprint density at radius 2 is 1.55 bits per heavy atom. The first kappa shape index (κ1) is 20.9. The molecule has 0 saturated carbocycles. The molecule has 3 aromatic carbocycles. The Morgan fingerprint density at radius 1 is 0.818 bits per heavy atom. The highest BCUT2D eigenvalue weighted by atomic mass is 16.7. The van der Waals surface area contributed by atoms with Crippen molar-refractivity contribution in [1.82, 2.24) is 10.2 Å². The minimum atomic E-state index is -0.308. The van der Waals surface area contributed by atoms with Gasteiger partial charge in [0.15, 0.2) is 11.5 Å². The maximum absolute atomic E-state index is 12.7. The van der Waals surface area contributed by atoms with Crippen LogP contribution in [0.3, 0.4) is 0 Å². The van der Waals surface area contributed by atoms with Crippen LogP contribution in [0.5, 0.6) is 11.5 Å². The summed E-state index contributed by atoms with van der Waals surface area (Å²) in [6, 6.07) is 23.7. The van der Waals surface area contributed by atoms with Gasteiger partial charge in [0.25, 0.3) is 5.91 Å². The lowest BCUT2D eigenvalue weighted by molar-refractivity contribution is -0.130. The first-order chi connectivity index (χ1) is 16.2. The monoisotopic (exact) mass is 443 g/mol. The number of hydrogen-bond acceptors (Lipinski definition) is 5. The van der Waals surface area contributed by atoms with Crippen molar-refractivity contribution in [2.45, 2.75) is 0 Å². The summed E-state index contributed by atoms with van der Waals surface area (Å²) in [5.41, 5.74) is 3.98. The van der Waals surface area contributed by atoms with Crippen LogP contribution < -0.4 is 19.7 Å². The maximum Gasteiger partial charge on any atom is 0.251 e. The molecule has 5 rings (SSSR count). The molecular weight excluding hydrogens is 418 g/mol. The quantitative estimate of drug-likeness (QED) is 0.656. The molecule has 0 atom stereocenters. The summed E-state index contributed by atoms with van der Waals surface area (Å²) in [7, 11) is 0. The van der Waals surface area contributed by atoms with Gasteiger partial charge in [0, 0.05) is 43.0 Å². The topological polar surface area (TPSA) is 71.1 Å². The summed E-state index contributed by atoms with van der Waals surface area (Å²) in [4.78, 5) is 29.3. The van der Waals surface area contributed by atoms with E-state index in [1.807, 2.05) is 29.2 Å². The molecule has 7 heteroatoms. The van der Waals surface area contributed by atoms with Gasteiger partial charge in [-0.25, -0.2) is 0 Å². The fraction of sp³-hybridized carbons (Fsp3) is 0.231. The van der Waals surface area contributed by atoms with Crippen LogP contribution in [-0.4, -0.2) is 56.2 Å². The van der Waals surface area contributed by atoms with Crippen molar-refractivity contribution in [3.05, 3.63) is 78.4 Å². The average molecular weight is 444 g/mol. The number of fused-ring (bicyclic) bond motifs is 1. The standard InChI is InChI=1S/C26H25N3O4/c30-25(17-27-26(31)20-10-11-23-24(16-20)33-18-32-23)29-14-12-28(13-15-29)22-9-5-4-8-21(22)19-6-2-1-3-7-19/h1-11,16H,12-15,17-18H2,(H,27,31). The van der Waals surface area contributed by atoms with Gasteiger partial charge in [-0.2, -0.15) is 0 Å². The van der Waals surface area contributed by atoms with Gasteiger partial charge in [-0.1, -0.05) is 48.5 Å². The van der Waals surface area contributed by atoms with Crippen molar-refractivity contribution >= 4 is 17.5 Å². The molecule has 1 fully saturated rings. The smallest absolute Gasteiger partial charge is 0.251 e. The fourth-order valence-corrected chi connectivity index (χ4v) is 4.22. The van der Waals surface area contributed by atoms with Gasteiger partial charge >= 0.3 is 0 Å². The summed E-state index contributed by atoms with van der Waals surface area (Å²) in [6.45, 7) is 2.83. The molecule has 0 aliphatic carbocycles. The molecule has 1 N–H and O–H groups in total.